The van der Waals surface area contributed by atoms with Crippen molar-refractivity contribution in [2.24, 2.45) is 0 Å². The van der Waals surface area contributed by atoms with Gasteiger partial charge in [-0.1, -0.05) is 48.5 Å². The van der Waals surface area contributed by atoms with Crippen LogP contribution in [0.3, 0.4) is 0 Å². The maximum Gasteiger partial charge on any atom is 0.315 e. The molecule has 0 aliphatic heterocycles. The number of urea groups is 2. The summed E-state index contributed by atoms with van der Waals surface area (Å²) in [6, 6.07) is 18.8. The fourth-order valence-corrected chi connectivity index (χ4v) is 3.67. The molecule has 8 heteroatoms. The molecule has 0 aliphatic carbocycles. The van der Waals surface area contributed by atoms with Gasteiger partial charge in [-0.15, -0.1) is 0 Å². The second kappa shape index (κ2) is 11.2. The van der Waals surface area contributed by atoms with Crippen molar-refractivity contribution in [1.29, 1.82) is 0 Å². The normalized spacial score (nSPS) is 11.5. The molecule has 0 aromatic heterocycles. The van der Waals surface area contributed by atoms with Crippen LogP contribution in [0.5, 0.6) is 0 Å². The van der Waals surface area contributed by atoms with Gasteiger partial charge >= 0.3 is 12.1 Å². The molecule has 0 saturated carbocycles. The second-order valence-electron chi connectivity index (χ2n) is 9.70. The van der Waals surface area contributed by atoms with E-state index in [4.69, 9.17) is 0 Å². The van der Waals surface area contributed by atoms with Crippen molar-refractivity contribution >= 4 is 12.1 Å². The predicted molar refractivity (Wildman–Crippen MR) is 136 cm³/mol. The quantitative estimate of drug-likeness (QED) is 0.337. The van der Waals surface area contributed by atoms with E-state index in [0.29, 0.717) is 0 Å². The zero-order valence-corrected chi connectivity index (χ0v) is 20.9. The van der Waals surface area contributed by atoms with E-state index in [9.17, 15) is 18.4 Å². The van der Waals surface area contributed by atoms with Gasteiger partial charge in [0.05, 0.1) is 11.1 Å². The highest BCUT2D eigenvalue weighted by Gasteiger charge is 2.27. The number of benzene rings is 3. The lowest BCUT2D eigenvalue weighted by Gasteiger charge is -2.31. The Labute approximate surface area is 210 Å². The summed E-state index contributed by atoms with van der Waals surface area (Å²) in [5.74, 6) is -0.654. The molecule has 0 unspecified atom stereocenters. The standard InChI is InChI=1S/C28H32F2N4O2/c1-27(2,33-25(35)31-17-19-8-12-23(29)13-9-19)21-6-5-7-22(16-21)28(3,4)34-26(36)32-18-20-10-14-24(30)15-11-20/h5-16H,17-18H2,1-4H3,(H2,31,33,35)(H2,32,34,36). The van der Waals surface area contributed by atoms with Crippen LogP contribution in [0.2, 0.25) is 0 Å². The van der Waals surface area contributed by atoms with E-state index in [-0.39, 0.29) is 36.8 Å². The molecule has 190 valence electrons. The van der Waals surface area contributed by atoms with Gasteiger partial charge < -0.3 is 21.3 Å². The van der Waals surface area contributed by atoms with E-state index < -0.39 is 11.1 Å². The lowest BCUT2D eigenvalue weighted by atomic mass is 9.87. The van der Waals surface area contributed by atoms with Gasteiger partial charge in [0, 0.05) is 13.1 Å². The van der Waals surface area contributed by atoms with Crippen LogP contribution in [-0.4, -0.2) is 12.1 Å². The van der Waals surface area contributed by atoms with E-state index in [1.165, 1.54) is 24.3 Å². The Morgan fingerprint density at radius 2 is 1.00 bits per heavy atom. The third-order valence-corrected chi connectivity index (χ3v) is 5.89. The number of amides is 4. The van der Waals surface area contributed by atoms with Crippen molar-refractivity contribution in [1.82, 2.24) is 21.3 Å². The van der Waals surface area contributed by atoms with Crippen molar-refractivity contribution in [2.45, 2.75) is 51.9 Å². The molecule has 0 fully saturated rings. The van der Waals surface area contributed by atoms with Crippen molar-refractivity contribution in [3.63, 3.8) is 0 Å². The van der Waals surface area contributed by atoms with Gasteiger partial charge in [-0.25, -0.2) is 18.4 Å². The maximum atomic E-state index is 13.1. The first-order chi connectivity index (χ1) is 16.9. The average Bonchev–Trinajstić information content (AvgIpc) is 2.83. The Kier molecular flexibility index (Phi) is 8.29. The van der Waals surface area contributed by atoms with E-state index >= 15 is 0 Å². The number of carbonyl (C=O) groups is 2. The van der Waals surface area contributed by atoms with Crippen molar-refractivity contribution in [3.05, 3.63) is 107 Å². The van der Waals surface area contributed by atoms with Crippen LogP contribution in [0, 0.1) is 11.6 Å². The smallest absolute Gasteiger partial charge is 0.315 e. The van der Waals surface area contributed by atoms with E-state index in [0.717, 1.165) is 22.3 Å². The highest BCUT2D eigenvalue weighted by Crippen LogP contribution is 2.26. The summed E-state index contributed by atoms with van der Waals surface area (Å²) < 4.78 is 26.1. The molecule has 3 rings (SSSR count). The Balaban J connectivity index is 1.59. The lowest BCUT2D eigenvalue weighted by Crippen LogP contribution is -2.47. The third-order valence-electron chi connectivity index (χ3n) is 5.89. The highest BCUT2D eigenvalue weighted by molar-refractivity contribution is 5.75. The van der Waals surface area contributed by atoms with E-state index in [2.05, 4.69) is 21.3 Å². The summed E-state index contributed by atoms with van der Waals surface area (Å²) >= 11 is 0. The van der Waals surface area contributed by atoms with Gasteiger partial charge in [0.1, 0.15) is 11.6 Å². The van der Waals surface area contributed by atoms with Gasteiger partial charge in [-0.05, 0) is 74.2 Å². The number of nitrogens with one attached hydrogen (secondary N) is 4. The van der Waals surface area contributed by atoms with E-state index in [1.54, 1.807) is 24.3 Å². The fourth-order valence-electron chi connectivity index (χ4n) is 3.67. The molecule has 3 aromatic rings. The molecule has 0 spiro atoms. The number of halogens is 2. The minimum Gasteiger partial charge on any atom is -0.334 e. The maximum absolute atomic E-state index is 13.1. The minimum atomic E-state index is -0.705. The molecule has 0 saturated heterocycles. The Morgan fingerprint density at radius 3 is 1.36 bits per heavy atom. The zero-order chi connectivity index (χ0) is 26.3. The molecule has 0 aliphatic rings. The van der Waals surface area contributed by atoms with Gasteiger partial charge in [0.25, 0.3) is 0 Å². The summed E-state index contributed by atoms with van der Waals surface area (Å²) in [5, 5.41) is 11.5. The van der Waals surface area contributed by atoms with Crippen LogP contribution in [-0.2, 0) is 24.2 Å². The molecule has 4 amide bonds. The Morgan fingerprint density at radius 1 is 0.639 bits per heavy atom. The zero-order valence-electron chi connectivity index (χ0n) is 20.9. The monoisotopic (exact) mass is 494 g/mol. The number of carbonyl (C=O) groups excluding carboxylic acids is 2. The largest absolute Gasteiger partial charge is 0.334 e. The molecule has 0 atom stereocenters. The Bertz CT molecular complexity index is 1100. The SMILES string of the molecule is CC(C)(NC(=O)NCc1ccc(F)cc1)c1cccc(C(C)(C)NC(=O)NCc2ccc(F)cc2)c1. The summed E-state index contributed by atoms with van der Waals surface area (Å²) in [6.45, 7) is 8.09. The second-order valence-corrected chi connectivity index (χ2v) is 9.70. The van der Waals surface area contributed by atoms with Crippen molar-refractivity contribution in [3.8, 4) is 0 Å². The van der Waals surface area contributed by atoms with Gasteiger partial charge in [-0.2, -0.15) is 0 Å². The average molecular weight is 495 g/mol. The summed E-state index contributed by atoms with van der Waals surface area (Å²) in [6.07, 6.45) is 0. The first-order valence-electron chi connectivity index (χ1n) is 11.7. The van der Waals surface area contributed by atoms with Crippen LogP contribution in [0.1, 0.15) is 49.9 Å². The first-order valence-corrected chi connectivity index (χ1v) is 11.7. The number of hydrogen-bond donors (Lipinski definition) is 4. The van der Waals surface area contributed by atoms with Crippen LogP contribution < -0.4 is 21.3 Å². The Hall–Kier alpha value is -3.94. The molecular weight excluding hydrogens is 462 g/mol. The van der Waals surface area contributed by atoms with Gasteiger partial charge in [0.2, 0.25) is 0 Å². The van der Waals surface area contributed by atoms with Crippen LogP contribution in [0.25, 0.3) is 0 Å². The minimum absolute atomic E-state index is 0.270. The number of hydrogen-bond acceptors (Lipinski definition) is 2. The molecule has 0 bridgehead atoms. The highest BCUT2D eigenvalue weighted by atomic mass is 19.1. The molecular formula is C28H32F2N4O2. The van der Waals surface area contributed by atoms with Gasteiger partial charge in [-0.3, -0.25) is 0 Å². The third kappa shape index (κ3) is 7.53. The van der Waals surface area contributed by atoms with Crippen LogP contribution >= 0.6 is 0 Å². The fraction of sp³-hybridized carbons (Fsp3) is 0.286. The topological polar surface area (TPSA) is 82.3 Å². The molecule has 0 heterocycles. The first kappa shape index (κ1) is 26.7. The van der Waals surface area contributed by atoms with Crippen molar-refractivity contribution < 1.29 is 18.4 Å². The lowest BCUT2D eigenvalue weighted by molar-refractivity contribution is 0.229. The summed E-state index contributed by atoms with van der Waals surface area (Å²) in [7, 11) is 0. The molecule has 0 radical (unpaired) electrons. The summed E-state index contributed by atoms with van der Waals surface area (Å²) in [5.41, 5.74) is 1.89. The molecule has 3 aromatic carbocycles. The van der Waals surface area contributed by atoms with Gasteiger partial charge in [0.15, 0.2) is 0 Å². The van der Waals surface area contributed by atoms with Crippen molar-refractivity contribution in [2.75, 3.05) is 0 Å². The molecule has 36 heavy (non-hydrogen) atoms. The van der Waals surface area contributed by atoms with Crippen LogP contribution in [0.4, 0.5) is 18.4 Å². The summed E-state index contributed by atoms with van der Waals surface area (Å²) in [4.78, 5) is 25.0. The predicted octanol–water partition coefficient (Wildman–Crippen LogP) is 5.43. The molecule has 6 nitrogen and oxygen atoms in total. The van der Waals surface area contributed by atoms with E-state index in [1.807, 2.05) is 52.0 Å². The van der Waals surface area contributed by atoms with Crippen LogP contribution in [0.15, 0.2) is 72.8 Å². The number of rotatable bonds is 8. The molecule has 4 N–H and O–H groups in total.